The van der Waals surface area contributed by atoms with E-state index in [1.165, 1.54) is 5.56 Å². The van der Waals surface area contributed by atoms with E-state index in [1.807, 2.05) is 6.07 Å². The number of benzene rings is 1. The van der Waals surface area contributed by atoms with Crippen molar-refractivity contribution in [3.63, 3.8) is 0 Å². The van der Waals surface area contributed by atoms with E-state index in [4.69, 9.17) is 27.9 Å². The Balaban J connectivity index is 2.04. The second-order valence-corrected chi connectivity index (χ2v) is 5.92. The molecule has 0 aliphatic rings. The van der Waals surface area contributed by atoms with Crippen molar-refractivity contribution in [2.24, 2.45) is 0 Å². The number of hydrogen-bond donors (Lipinski definition) is 0. The van der Waals surface area contributed by atoms with Gasteiger partial charge < -0.3 is 4.74 Å². The molecule has 0 unspecified atom stereocenters. The Labute approximate surface area is 129 Å². The largest absolute Gasteiger partial charge is 0.491 e. The second-order valence-electron chi connectivity index (χ2n) is 3.74. The van der Waals surface area contributed by atoms with E-state index in [-0.39, 0.29) is 0 Å². The summed E-state index contributed by atoms with van der Waals surface area (Å²) in [5, 5.41) is 6.04. The standard InChI is InChI=1S/C13H11BrCl2OS/c14-7-10-5-11(15)6-12(16)13(10)17-3-1-9-2-4-18-8-9/h2,4-6,8H,1,3,7H2. The summed E-state index contributed by atoms with van der Waals surface area (Å²) in [6.07, 6.45) is 0.879. The zero-order valence-electron chi connectivity index (χ0n) is 9.46. The molecular weight excluding hydrogens is 355 g/mol. The summed E-state index contributed by atoms with van der Waals surface area (Å²) in [5.41, 5.74) is 2.25. The van der Waals surface area contributed by atoms with Gasteiger partial charge in [-0.15, -0.1) is 0 Å². The van der Waals surface area contributed by atoms with Crippen LogP contribution in [0.2, 0.25) is 10.0 Å². The van der Waals surface area contributed by atoms with Crippen LogP contribution in [0.15, 0.2) is 29.0 Å². The van der Waals surface area contributed by atoms with Gasteiger partial charge in [-0.2, -0.15) is 11.3 Å². The highest BCUT2D eigenvalue weighted by molar-refractivity contribution is 9.08. The van der Waals surface area contributed by atoms with Gasteiger partial charge in [0.15, 0.2) is 0 Å². The normalized spacial score (nSPS) is 10.6. The molecule has 0 saturated carbocycles. The monoisotopic (exact) mass is 364 g/mol. The molecule has 0 saturated heterocycles. The van der Waals surface area contributed by atoms with Crippen molar-refractivity contribution in [1.29, 1.82) is 0 Å². The first-order valence-corrected chi connectivity index (χ1v) is 8.20. The fourth-order valence-corrected chi connectivity index (χ4v) is 3.29. The molecule has 0 spiro atoms. The highest BCUT2D eigenvalue weighted by Crippen LogP contribution is 2.33. The van der Waals surface area contributed by atoms with Crippen molar-refractivity contribution in [2.45, 2.75) is 11.8 Å². The first-order chi connectivity index (χ1) is 8.70. The van der Waals surface area contributed by atoms with Crippen molar-refractivity contribution in [2.75, 3.05) is 6.61 Å². The maximum atomic E-state index is 6.15. The van der Waals surface area contributed by atoms with Crippen LogP contribution in [-0.2, 0) is 11.8 Å². The summed E-state index contributed by atoms with van der Waals surface area (Å²) in [6, 6.07) is 5.67. The van der Waals surface area contributed by atoms with Crippen LogP contribution in [0.25, 0.3) is 0 Å². The number of hydrogen-bond acceptors (Lipinski definition) is 2. The van der Waals surface area contributed by atoms with Gasteiger partial charge in [-0.1, -0.05) is 39.1 Å². The van der Waals surface area contributed by atoms with Gasteiger partial charge in [0.25, 0.3) is 0 Å². The zero-order valence-corrected chi connectivity index (χ0v) is 13.4. The van der Waals surface area contributed by atoms with Crippen molar-refractivity contribution in [3.05, 3.63) is 50.1 Å². The van der Waals surface area contributed by atoms with Gasteiger partial charge in [-0.25, -0.2) is 0 Å². The van der Waals surface area contributed by atoms with Gasteiger partial charge in [-0.05, 0) is 34.5 Å². The van der Waals surface area contributed by atoms with Crippen LogP contribution in [0.1, 0.15) is 11.1 Å². The molecule has 0 aliphatic heterocycles. The van der Waals surface area contributed by atoms with E-state index in [1.54, 1.807) is 17.4 Å². The van der Waals surface area contributed by atoms with Gasteiger partial charge in [0.2, 0.25) is 0 Å². The molecule has 1 heterocycles. The maximum absolute atomic E-state index is 6.15. The molecular formula is C13H11BrCl2OS. The molecule has 0 fully saturated rings. The van der Waals surface area contributed by atoms with E-state index in [0.29, 0.717) is 27.7 Å². The lowest BCUT2D eigenvalue weighted by Gasteiger charge is -2.12. The molecule has 0 bridgehead atoms. The quantitative estimate of drug-likeness (QED) is 0.629. The molecule has 1 aromatic carbocycles. The Morgan fingerprint density at radius 2 is 2.11 bits per heavy atom. The molecule has 0 N–H and O–H groups in total. The summed E-state index contributed by atoms with van der Waals surface area (Å²) in [7, 11) is 0. The van der Waals surface area contributed by atoms with E-state index in [2.05, 4.69) is 32.8 Å². The van der Waals surface area contributed by atoms with Crippen LogP contribution < -0.4 is 4.74 Å². The first-order valence-electron chi connectivity index (χ1n) is 5.38. The van der Waals surface area contributed by atoms with Gasteiger partial charge in [-0.3, -0.25) is 0 Å². The van der Waals surface area contributed by atoms with Crippen LogP contribution in [0.3, 0.4) is 0 Å². The molecule has 18 heavy (non-hydrogen) atoms. The highest BCUT2D eigenvalue weighted by Gasteiger charge is 2.10. The smallest absolute Gasteiger partial charge is 0.142 e. The highest BCUT2D eigenvalue weighted by atomic mass is 79.9. The number of halogens is 3. The Bertz CT molecular complexity index is 514. The Morgan fingerprint density at radius 3 is 2.78 bits per heavy atom. The van der Waals surface area contributed by atoms with Crippen molar-refractivity contribution in [3.8, 4) is 5.75 Å². The number of ether oxygens (including phenoxy) is 1. The van der Waals surface area contributed by atoms with E-state index >= 15 is 0 Å². The average Bonchev–Trinajstić information content (AvgIpc) is 2.84. The van der Waals surface area contributed by atoms with E-state index in [0.717, 1.165) is 12.0 Å². The summed E-state index contributed by atoms with van der Waals surface area (Å²) in [6.45, 7) is 0.609. The third-order valence-corrected chi connectivity index (χ3v) is 4.28. The third kappa shape index (κ3) is 3.64. The number of thiophene rings is 1. The summed E-state index contributed by atoms with van der Waals surface area (Å²) < 4.78 is 5.77. The molecule has 1 aromatic heterocycles. The average molecular weight is 366 g/mol. The molecule has 0 atom stereocenters. The van der Waals surface area contributed by atoms with Crippen molar-refractivity contribution < 1.29 is 4.74 Å². The lowest BCUT2D eigenvalue weighted by Crippen LogP contribution is -2.03. The molecule has 2 rings (SSSR count). The summed E-state index contributed by atoms with van der Waals surface area (Å²) in [4.78, 5) is 0. The molecule has 1 nitrogen and oxygen atoms in total. The van der Waals surface area contributed by atoms with Gasteiger partial charge in [0.1, 0.15) is 5.75 Å². The molecule has 2 aromatic rings. The fourth-order valence-electron chi connectivity index (χ4n) is 1.58. The minimum Gasteiger partial charge on any atom is -0.491 e. The Kier molecular flexibility index (Phi) is 5.37. The fraction of sp³-hybridized carbons (Fsp3) is 0.231. The van der Waals surface area contributed by atoms with Crippen molar-refractivity contribution >= 4 is 50.5 Å². The molecule has 5 heteroatoms. The van der Waals surface area contributed by atoms with Gasteiger partial charge >= 0.3 is 0 Å². The topological polar surface area (TPSA) is 9.23 Å². The summed E-state index contributed by atoms with van der Waals surface area (Å²) in [5.74, 6) is 0.716. The lowest BCUT2D eigenvalue weighted by atomic mass is 10.2. The predicted molar refractivity (Wildman–Crippen MR) is 82.6 cm³/mol. The van der Waals surface area contributed by atoms with Crippen LogP contribution in [0, 0.1) is 0 Å². The maximum Gasteiger partial charge on any atom is 0.142 e. The zero-order chi connectivity index (χ0) is 13.0. The lowest BCUT2D eigenvalue weighted by molar-refractivity contribution is 0.320. The molecule has 0 aliphatic carbocycles. The molecule has 96 valence electrons. The van der Waals surface area contributed by atoms with Crippen LogP contribution in [0.5, 0.6) is 5.75 Å². The predicted octanol–water partition coefficient (Wildman–Crippen LogP) is 5.57. The van der Waals surface area contributed by atoms with Crippen LogP contribution in [0.4, 0.5) is 0 Å². The molecule has 0 radical (unpaired) electrons. The van der Waals surface area contributed by atoms with Gasteiger partial charge in [0, 0.05) is 22.3 Å². The van der Waals surface area contributed by atoms with Crippen LogP contribution in [-0.4, -0.2) is 6.61 Å². The second kappa shape index (κ2) is 6.80. The number of rotatable bonds is 5. The Morgan fingerprint density at radius 1 is 1.28 bits per heavy atom. The van der Waals surface area contributed by atoms with E-state index < -0.39 is 0 Å². The third-order valence-electron chi connectivity index (χ3n) is 2.45. The van der Waals surface area contributed by atoms with Crippen LogP contribution >= 0.6 is 50.5 Å². The van der Waals surface area contributed by atoms with Crippen molar-refractivity contribution in [1.82, 2.24) is 0 Å². The Hall–Kier alpha value is -0.220. The molecule has 0 amide bonds. The van der Waals surface area contributed by atoms with Gasteiger partial charge in [0.05, 0.1) is 11.6 Å². The SMILES string of the molecule is Clc1cc(Cl)c(OCCc2ccsc2)c(CBr)c1. The minimum absolute atomic E-state index is 0.558. The summed E-state index contributed by atoms with van der Waals surface area (Å²) >= 11 is 17.2. The van der Waals surface area contributed by atoms with E-state index in [9.17, 15) is 0 Å². The number of alkyl halides is 1. The minimum atomic E-state index is 0.558. The first kappa shape index (κ1) is 14.2.